The molecule has 0 spiro atoms. The molecule has 0 aromatic heterocycles. The van der Waals surface area contributed by atoms with E-state index in [1.807, 2.05) is 0 Å². The van der Waals surface area contributed by atoms with Gasteiger partial charge in [0, 0.05) is 61.5 Å². The Morgan fingerprint density at radius 3 is 2.28 bits per heavy atom. The van der Waals surface area contributed by atoms with Gasteiger partial charge in [0.2, 0.25) is 5.91 Å². The molecule has 4 rings (SSSR count). The third-order valence-corrected chi connectivity index (χ3v) is 9.32. The van der Waals surface area contributed by atoms with Gasteiger partial charge < -0.3 is 20.2 Å². The number of piperidine rings is 1. The van der Waals surface area contributed by atoms with Crippen LogP contribution in [0.5, 0.6) is 0 Å². The molecule has 2 N–H and O–H groups in total. The number of hydrogen-bond donors (Lipinski definition) is 3. The van der Waals surface area contributed by atoms with E-state index in [4.69, 9.17) is 39.9 Å². The number of rotatable bonds is 10. The number of likely N-dealkylation sites (tertiary alicyclic amines) is 2. The molecule has 0 aliphatic carbocycles. The van der Waals surface area contributed by atoms with Crippen molar-refractivity contribution in [1.29, 1.82) is 0 Å². The number of nitrogens with zero attached hydrogens (tertiary/aromatic N) is 3. The molecule has 7 nitrogen and oxygen atoms in total. The van der Waals surface area contributed by atoms with E-state index in [-0.39, 0.29) is 41.2 Å². The number of carbonyl (C=O) groups excluding carboxylic acids is 2. The molecule has 0 bridgehead atoms. The van der Waals surface area contributed by atoms with Crippen molar-refractivity contribution >= 4 is 64.9 Å². The maximum absolute atomic E-state index is 14.0. The lowest BCUT2D eigenvalue weighted by Crippen LogP contribution is -2.61. The minimum atomic E-state index is -4.63. The molecule has 2 aromatic carbocycles. The van der Waals surface area contributed by atoms with Gasteiger partial charge in [-0.2, -0.15) is 25.8 Å². The Labute approximate surface area is 269 Å². The number of nitrogens with one attached hydrogen (secondary N) is 1. The average molecular weight is 682 g/mol. The maximum atomic E-state index is 14.0. The van der Waals surface area contributed by atoms with Gasteiger partial charge in [-0.05, 0) is 61.2 Å². The minimum Gasteiger partial charge on any atom is -0.395 e. The van der Waals surface area contributed by atoms with Gasteiger partial charge in [0.05, 0.1) is 34.4 Å². The molecule has 2 aliphatic rings. The number of likely N-dealkylation sites (N-methyl/N-ethyl adjacent to an activating group) is 1. The lowest BCUT2D eigenvalue weighted by atomic mass is 9.93. The normalized spacial score (nSPS) is 18.2. The smallest absolute Gasteiger partial charge is 0.393 e. The van der Waals surface area contributed by atoms with Crippen molar-refractivity contribution in [2.45, 2.75) is 42.8 Å². The van der Waals surface area contributed by atoms with Crippen LogP contribution in [0.15, 0.2) is 36.4 Å². The van der Waals surface area contributed by atoms with Crippen molar-refractivity contribution in [2.75, 3.05) is 51.7 Å². The number of alkyl halides is 3. The zero-order chi connectivity index (χ0) is 31.5. The van der Waals surface area contributed by atoms with E-state index in [0.29, 0.717) is 42.1 Å². The summed E-state index contributed by atoms with van der Waals surface area (Å²) in [6.07, 6.45) is -3.77. The Hall–Kier alpha value is -1.89. The summed E-state index contributed by atoms with van der Waals surface area (Å²) in [7, 11) is 1.60. The van der Waals surface area contributed by atoms with Crippen LogP contribution in [0, 0.1) is 5.92 Å². The van der Waals surface area contributed by atoms with Gasteiger partial charge in [-0.15, -0.1) is 0 Å². The predicted molar refractivity (Wildman–Crippen MR) is 167 cm³/mol. The second kappa shape index (κ2) is 14.5. The largest absolute Gasteiger partial charge is 0.395 e. The number of aliphatic hydroxyl groups excluding tert-OH is 1. The highest BCUT2D eigenvalue weighted by atomic mass is 35.5. The number of amides is 2. The molecule has 2 amide bonds. The number of carbonyl (C=O) groups is 2. The van der Waals surface area contributed by atoms with E-state index in [1.165, 1.54) is 28.0 Å². The lowest BCUT2D eigenvalue weighted by molar-refractivity contribution is -0.179. The van der Waals surface area contributed by atoms with Gasteiger partial charge in [0.25, 0.3) is 5.91 Å². The molecule has 2 aromatic rings. The molecule has 2 unspecified atom stereocenters. The summed E-state index contributed by atoms with van der Waals surface area (Å²) in [5, 5.41) is 11.7. The SMILES string of the molecule is CN(CCO)C(=O)c1ccc(NC2CN(C3CCN(C(=O)C(S)C(Cc4cc(Cl)cc(Cl)c4)C(F)(F)F)CC3)C2)cc1Cl. The fourth-order valence-corrected chi connectivity index (χ4v) is 6.84. The summed E-state index contributed by atoms with van der Waals surface area (Å²) in [5.41, 5.74) is 1.44. The zero-order valence-electron chi connectivity index (χ0n) is 23.5. The highest BCUT2D eigenvalue weighted by molar-refractivity contribution is 7.81. The monoisotopic (exact) mass is 680 g/mol. The van der Waals surface area contributed by atoms with Crippen LogP contribution in [0.4, 0.5) is 18.9 Å². The van der Waals surface area contributed by atoms with E-state index in [0.717, 1.165) is 18.8 Å². The van der Waals surface area contributed by atoms with E-state index in [9.17, 15) is 22.8 Å². The molecule has 2 saturated heterocycles. The van der Waals surface area contributed by atoms with E-state index in [1.54, 1.807) is 25.2 Å². The van der Waals surface area contributed by atoms with Gasteiger partial charge in [-0.1, -0.05) is 34.8 Å². The first-order valence-electron chi connectivity index (χ1n) is 13.9. The lowest BCUT2D eigenvalue weighted by Gasteiger charge is -2.47. The first-order chi connectivity index (χ1) is 20.3. The minimum absolute atomic E-state index is 0.137. The Morgan fingerprint density at radius 1 is 1.09 bits per heavy atom. The number of anilines is 1. The Morgan fingerprint density at radius 2 is 1.72 bits per heavy atom. The molecule has 2 aliphatic heterocycles. The summed E-state index contributed by atoms with van der Waals surface area (Å²) in [5.74, 6) is -2.88. The fraction of sp³-hybridized carbons (Fsp3) is 0.517. The topological polar surface area (TPSA) is 76.1 Å². The fourth-order valence-electron chi connectivity index (χ4n) is 5.57. The third-order valence-electron chi connectivity index (χ3n) is 7.99. The van der Waals surface area contributed by atoms with Crippen molar-refractivity contribution in [3.63, 3.8) is 0 Å². The predicted octanol–water partition coefficient (Wildman–Crippen LogP) is 5.52. The second-order valence-electron chi connectivity index (χ2n) is 11.1. The van der Waals surface area contributed by atoms with Gasteiger partial charge >= 0.3 is 6.18 Å². The Balaban J connectivity index is 1.26. The molecule has 0 radical (unpaired) electrons. The van der Waals surface area contributed by atoms with Gasteiger partial charge in [0.15, 0.2) is 0 Å². The molecule has 236 valence electrons. The number of aliphatic hydroxyl groups is 1. The molecule has 2 fully saturated rings. The van der Waals surface area contributed by atoms with Crippen molar-refractivity contribution in [3.8, 4) is 0 Å². The molecule has 14 heteroatoms. The Bertz CT molecular complexity index is 1290. The molecule has 0 saturated carbocycles. The van der Waals surface area contributed by atoms with Gasteiger partial charge in [-0.25, -0.2) is 0 Å². The molecular formula is C29H34Cl3F3N4O3S. The summed E-state index contributed by atoms with van der Waals surface area (Å²) in [6.45, 7) is 2.33. The third kappa shape index (κ3) is 8.64. The Kier molecular flexibility index (Phi) is 11.4. The zero-order valence-corrected chi connectivity index (χ0v) is 26.6. The van der Waals surface area contributed by atoms with Crippen LogP contribution in [0.1, 0.15) is 28.8 Å². The second-order valence-corrected chi connectivity index (χ2v) is 12.9. The number of thiol groups is 1. The first-order valence-corrected chi connectivity index (χ1v) is 15.6. The summed E-state index contributed by atoms with van der Waals surface area (Å²) in [6, 6.07) is 9.83. The van der Waals surface area contributed by atoms with Gasteiger partial charge in [-0.3, -0.25) is 14.5 Å². The van der Waals surface area contributed by atoms with E-state index in [2.05, 4.69) is 22.8 Å². The number of benzene rings is 2. The van der Waals surface area contributed by atoms with Crippen LogP contribution >= 0.6 is 47.4 Å². The highest BCUT2D eigenvalue weighted by Crippen LogP contribution is 2.36. The van der Waals surface area contributed by atoms with Crippen molar-refractivity contribution in [2.24, 2.45) is 5.92 Å². The van der Waals surface area contributed by atoms with E-state index < -0.39 is 29.7 Å². The first kappa shape index (κ1) is 34.0. The van der Waals surface area contributed by atoms with Crippen LogP contribution in [-0.2, 0) is 11.2 Å². The molecule has 2 atom stereocenters. The summed E-state index contributed by atoms with van der Waals surface area (Å²) < 4.78 is 42.0. The van der Waals surface area contributed by atoms with Gasteiger partial charge in [0.1, 0.15) is 0 Å². The molecule has 2 heterocycles. The highest BCUT2D eigenvalue weighted by Gasteiger charge is 2.47. The van der Waals surface area contributed by atoms with Crippen LogP contribution in [0.2, 0.25) is 15.1 Å². The standard InChI is InChI=1S/C29H34Cl3F3N4O3S/c1-37(8-9-40)27(41)23-3-2-20(14-25(23)32)36-21-15-39(16-21)22-4-6-38(7-5-22)28(42)26(43)24(29(33,34)35)12-17-10-18(30)13-19(31)11-17/h2-3,10-11,13-14,21-22,24,26,36,40,43H,4-9,12,15-16H2,1H3. The van der Waals surface area contributed by atoms with Crippen LogP contribution in [0.25, 0.3) is 0 Å². The van der Waals surface area contributed by atoms with Crippen molar-refractivity contribution in [1.82, 2.24) is 14.7 Å². The molecular weight excluding hydrogens is 648 g/mol. The quantitative estimate of drug-likeness (QED) is 0.288. The van der Waals surface area contributed by atoms with Crippen LogP contribution < -0.4 is 5.32 Å². The maximum Gasteiger partial charge on any atom is 0.393 e. The number of halogens is 6. The molecule has 43 heavy (non-hydrogen) atoms. The van der Waals surface area contributed by atoms with Crippen LogP contribution in [0.3, 0.4) is 0 Å². The summed E-state index contributed by atoms with van der Waals surface area (Å²) >= 11 is 22.4. The van der Waals surface area contributed by atoms with Crippen molar-refractivity contribution < 1.29 is 27.9 Å². The summed E-state index contributed by atoms with van der Waals surface area (Å²) in [4.78, 5) is 30.8. The number of hydrogen-bond acceptors (Lipinski definition) is 6. The van der Waals surface area contributed by atoms with Crippen molar-refractivity contribution in [3.05, 3.63) is 62.6 Å². The average Bonchev–Trinajstić information content (AvgIpc) is 2.91. The van der Waals surface area contributed by atoms with Crippen LogP contribution in [-0.4, -0.2) is 102 Å². The van der Waals surface area contributed by atoms with E-state index >= 15 is 0 Å².